The average molecular weight is 367 g/mol. The second-order valence-electron chi connectivity index (χ2n) is 4.22. The van der Waals surface area contributed by atoms with E-state index in [9.17, 15) is 4.79 Å². The van der Waals surface area contributed by atoms with Crippen LogP contribution in [0, 0.1) is 0 Å². The summed E-state index contributed by atoms with van der Waals surface area (Å²) in [5, 5.41) is 10.4. The number of hydrogen-bond acceptors (Lipinski definition) is 5. The van der Waals surface area contributed by atoms with Gasteiger partial charge in [0.25, 0.3) is 0 Å². The number of nitrogens with zero attached hydrogens (tertiary/aromatic N) is 3. The lowest BCUT2D eigenvalue weighted by Gasteiger charge is -2.02. The van der Waals surface area contributed by atoms with Crippen LogP contribution in [-0.4, -0.2) is 36.2 Å². The molecule has 0 unspecified atom stereocenters. The molecule has 7 nitrogen and oxygen atoms in total. The van der Waals surface area contributed by atoms with E-state index in [1.807, 2.05) is 24.3 Å². The van der Waals surface area contributed by atoms with E-state index in [1.165, 1.54) is 17.9 Å². The largest absolute Gasteiger partial charge is 0.497 e. The van der Waals surface area contributed by atoms with Crippen LogP contribution in [0.15, 0.2) is 40.1 Å². The summed E-state index contributed by atoms with van der Waals surface area (Å²) in [4.78, 5) is 16.7. The molecule has 0 aliphatic carbocycles. The third kappa shape index (κ3) is 4.08. The van der Waals surface area contributed by atoms with Crippen molar-refractivity contribution in [2.75, 3.05) is 14.2 Å². The zero-order valence-electron chi connectivity index (χ0n) is 12.1. The molecule has 2 rings (SSSR count). The first kappa shape index (κ1) is 16.0. The molecule has 0 aliphatic heterocycles. The number of hydrogen-bond donors (Lipinski definition) is 1. The number of ether oxygens (including phenoxy) is 1. The van der Waals surface area contributed by atoms with Gasteiger partial charge >= 0.3 is 6.03 Å². The molecule has 1 heterocycles. The SMILES string of the molecule is CNC(=O)n1cc(Br)c(C=NOCc2cccc(OC)c2)n1. The van der Waals surface area contributed by atoms with E-state index in [1.54, 1.807) is 13.3 Å². The van der Waals surface area contributed by atoms with Crippen molar-refractivity contribution in [3.05, 3.63) is 46.2 Å². The number of aromatic nitrogens is 2. The molecule has 0 saturated heterocycles. The number of halogens is 1. The van der Waals surface area contributed by atoms with E-state index in [-0.39, 0.29) is 6.03 Å². The Labute approximate surface area is 136 Å². The van der Waals surface area contributed by atoms with Crippen LogP contribution >= 0.6 is 15.9 Å². The van der Waals surface area contributed by atoms with Crippen molar-refractivity contribution in [2.24, 2.45) is 5.16 Å². The van der Waals surface area contributed by atoms with Gasteiger partial charge in [0.05, 0.1) is 24.0 Å². The van der Waals surface area contributed by atoms with Gasteiger partial charge in [-0.1, -0.05) is 17.3 Å². The van der Waals surface area contributed by atoms with E-state index in [0.717, 1.165) is 11.3 Å². The molecule has 0 radical (unpaired) electrons. The molecule has 0 fully saturated rings. The molecule has 0 atom stereocenters. The maximum atomic E-state index is 11.4. The number of amides is 1. The third-order valence-corrected chi connectivity index (χ3v) is 3.34. The number of nitrogens with one attached hydrogen (secondary N) is 1. The van der Waals surface area contributed by atoms with Gasteiger partial charge in [-0.15, -0.1) is 0 Å². The highest BCUT2D eigenvalue weighted by Gasteiger charge is 2.08. The number of oxime groups is 1. The fourth-order valence-corrected chi connectivity index (χ4v) is 2.01. The van der Waals surface area contributed by atoms with E-state index in [0.29, 0.717) is 16.8 Å². The molecule has 116 valence electrons. The molecular weight excluding hydrogens is 352 g/mol. The van der Waals surface area contributed by atoms with Gasteiger partial charge < -0.3 is 14.9 Å². The summed E-state index contributed by atoms with van der Waals surface area (Å²) in [6.45, 7) is 0.307. The predicted octanol–water partition coefficient (Wildman–Crippen LogP) is 2.39. The van der Waals surface area contributed by atoms with Crippen LogP contribution in [0.2, 0.25) is 0 Å². The predicted molar refractivity (Wildman–Crippen MR) is 85.2 cm³/mol. The summed E-state index contributed by atoms with van der Waals surface area (Å²) in [7, 11) is 3.14. The zero-order chi connectivity index (χ0) is 15.9. The van der Waals surface area contributed by atoms with E-state index < -0.39 is 0 Å². The first-order valence-corrected chi connectivity index (χ1v) is 7.19. The Balaban J connectivity index is 1.95. The van der Waals surface area contributed by atoms with Crippen molar-refractivity contribution in [1.82, 2.24) is 15.1 Å². The summed E-state index contributed by atoms with van der Waals surface area (Å²) in [5.74, 6) is 0.761. The molecule has 1 aromatic carbocycles. The van der Waals surface area contributed by atoms with Crippen molar-refractivity contribution in [1.29, 1.82) is 0 Å². The monoisotopic (exact) mass is 366 g/mol. The molecule has 2 aromatic rings. The summed E-state index contributed by atoms with van der Waals surface area (Å²) >= 11 is 3.30. The lowest BCUT2D eigenvalue weighted by molar-refractivity contribution is 0.132. The lowest BCUT2D eigenvalue weighted by Crippen LogP contribution is -2.24. The molecule has 0 aliphatic rings. The van der Waals surface area contributed by atoms with Crippen molar-refractivity contribution in [3.8, 4) is 5.75 Å². The van der Waals surface area contributed by atoms with Crippen molar-refractivity contribution < 1.29 is 14.4 Å². The highest BCUT2D eigenvalue weighted by molar-refractivity contribution is 9.10. The van der Waals surface area contributed by atoms with Crippen molar-refractivity contribution in [3.63, 3.8) is 0 Å². The molecule has 8 heteroatoms. The van der Waals surface area contributed by atoms with Crippen molar-refractivity contribution in [2.45, 2.75) is 6.61 Å². The Hall–Kier alpha value is -2.35. The normalized spacial score (nSPS) is 10.7. The van der Waals surface area contributed by atoms with Crippen LogP contribution in [0.4, 0.5) is 4.79 Å². The number of rotatable bonds is 5. The van der Waals surface area contributed by atoms with Gasteiger partial charge in [-0.2, -0.15) is 9.78 Å². The van der Waals surface area contributed by atoms with Crippen LogP contribution in [-0.2, 0) is 11.4 Å². The number of carbonyl (C=O) groups excluding carboxylic acids is 1. The van der Waals surface area contributed by atoms with E-state index >= 15 is 0 Å². The fraction of sp³-hybridized carbons (Fsp3) is 0.214. The maximum absolute atomic E-state index is 11.4. The highest BCUT2D eigenvalue weighted by atomic mass is 79.9. The van der Waals surface area contributed by atoms with Crippen LogP contribution in [0.3, 0.4) is 0 Å². The quantitative estimate of drug-likeness (QED) is 0.650. The van der Waals surface area contributed by atoms with Crippen LogP contribution in [0.5, 0.6) is 5.75 Å². The standard InChI is InChI=1S/C14H15BrN4O3/c1-16-14(20)19-8-12(15)13(18-19)7-17-22-9-10-4-3-5-11(6-10)21-2/h3-8H,9H2,1-2H3,(H,16,20). The minimum atomic E-state index is -0.336. The topological polar surface area (TPSA) is 77.7 Å². The van der Waals surface area contributed by atoms with Gasteiger partial charge in [0, 0.05) is 7.05 Å². The first-order chi connectivity index (χ1) is 10.6. The summed E-state index contributed by atoms with van der Waals surface area (Å²) in [6.07, 6.45) is 2.98. The van der Waals surface area contributed by atoms with Gasteiger partial charge in [-0.05, 0) is 33.6 Å². The Kier molecular flexibility index (Phi) is 5.54. The molecule has 0 bridgehead atoms. The Morgan fingerprint density at radius 1 is 1.55 bits per heavy atom. The Bertz CT molecular complexity index is 684. The second kappa shape index (κ2) is 7.60. The van der Waals surface area contributed by atoms with Crippen molar-refractivity contribution >= 4 is 28.2 Å². The molecule has 1 amide bonds. The maximum Gasteiger partial charge on any atom is 0.341 e. The molecular formula is C14H15BrN4O3. The fourth-order valence-electron chi connectivity index (χ4n) is 1.63. The lowest BCUT2D eigenvalue weighted by atomic mass is 10.2. The molecule has 1 aromatic heterocycles. The Morgan fingerprint density at radius 2 is 2.36 bits per heavy atom. The number of benzene rings is 1. The van der Waals surface area contributed by atoms with Gasteiger partial charge in [0.2, 0.25) is 0 Å². The summed E-state index contributed by atoms with van der Waals surface area (Å²) in [5.41, 5.74) is 1.43. The van der Waals surface area contributed by atoms with Crippen LogP contribution < -0.4 is 10.1 Å². The molecule has 0 spiro atoms. The number of methoxy groups -OCH3 is 1. The minimum absolute atomic E-state index is 0.307. The molecule has 1 N–H and O–H groups in total. The second-order valence-corrected chi connectivity index (χ2v) is 5.08. The van der Waals surface area contributed by atoms with Gasteiger partial charge in [0.15, 0.2) is 0 Å². The van der Waals surface area contributed by atoms with E-state index in [4.69, 9.17) is 9.57 Å². The zero-order valence-corrected chi connectivity index (χ0v) is 13.7. The highest BCUT2D eigenvalue weighted by Crippen LogP contribution is 2.14. The van der Waals surface area contributed by atoms with Crippen LogP contribution in [0.25, 0.3) is 0 Å². The third-order valence-electron chi connectivity index (χ3n) is 2.73. The molecule has 0 saturated carbocycles. The van der Waals surface area contributed by atoms with Gasteiger partial charge in [-0.25, -0.2) is 4.79 Å². The Morgan fingerprint density at radius 3 is 3.09 bits per heavy atom. The minimum Gasteiger partial charge on any atom is -0.497 e. The van der Waals surface area contributed by atoms with Gasteiger partial charge in [0.1, 0.15) is 18.1 Å². The first-order valence-electron chi connectivity index (χ1n) is 6.39. The number of carbonyl (C=O) groups is 1. The van der Waals surface area contributed by atoms with E-state index in [2.05, 4.69) is 31.5 Å². The molecule has 22 heavy (non-hydrogen) atoms. The summed E-state index contributed by atoms with van der Waals surface area (Å²) in [6, 6.07) is 7.18. The average Bonchev–Trinajstić information content (AvgIpc) is 2.92. The van der Waals surface area contributed by atoms with Crippen LogP contribution in [0.1, 0.15) is 11.3 Å². The summed E-state index contributed by atoms with van der Waals surface area (Å²) < 4.78 is 6.95. The smallest absolute Gasteiger partial charge is 0.341 e. The van der Waals surface area contributed by atoms with Gasteiger partial charge in [-0.3, -0.25) is 0 Å².